The van der Waals surface area contributed by atoms with Gasteiger partial charge in [0.15, 0.2) is 0 Å². The molecule has 0 heterocycles. The summed E-state index contributed by atoms with van der Waals surface area (Å²) in [5.41, 5.74) is 0. The van der Waals surface area contributed by atoms with E-state index in [2.05, 4.69) is 4.99 Å². The quantitative estimate of drug-likeness (QED) is 0.566. The summed E-state index contributed by atoms with van der Waals surface area (Å²) in [7, 11) is 7.91. The Labute approximate surface area is 69.0 Å². The van der Waals surface area contributed by atoms with Gasteiger partial charge in [0, 0.05) is 40.6 Å². The lowest BCUT2D eigenvalue weighted by Crippen LogP contribution is -2.13. The lowest BCUT2D eigenvalue weighted by atomic mass is 10.6. The van der Waals surface area contributed by atoms with Crippen LogP contribution in [-0.2, 0) is 0 Å². The van der Waals surface area contributed by atoms with E-state index in [0.29, 0.717) is 0 Å². The highest BCUT2D eigenvalue weighted by molar-refractivity contribution is 5.55. The molecular formula is C8H17N3. The molecule has 64 valence electrons. The Hall–Kier alpha value is -0.990. The summed E-state index contributed by atoms with van der Waals surface area (Å²) in [5.74, 6) is 0.956. The average Bonchev–Trinajstić information content (AvgIpc) is 1.86. The first-order valence-electron chi connectivity index (χ1n) is 3.62. The molecule has 0 aromatic heterocycles. The zero-order valence-corrected chi connectivity index (χ0v) is 8.00. The van der Waals surface area contributed by atoms with Gasteiger partial charge in [-0.1, -0.05) is 0 Å². The van der Waals surface area contributed by atoms with Crippen molar-refractivity contribution in [1.29, 1.82) is 0 Å². The van der Waals surface area contributed by atoms with Crippen LogP contribution in [0, 0.1) is 0 Å². The minimum atomic E-state index is 0.956. The molecule has 0 radical (unpaired) electrons. The van der Waals surface area contributed by atoms with Gasteiger partial charge in [-0.15, -0.1) is 0 Å². The van der Waals surface area contributed by atoms with Crippen LogP contribution in [-0.4, -0.2) is 44.2 Å². The highest BCUT2D eigenvalue weighted by Gasteiger charge is 1.94. The molecule has 0 spiro atoms. The maximum absolute atomic E-state index is 4.18. The third-order valence-corrected chi connectivity index (χ3v) is 1.09. The van der Waals surface area contributed by atoms with Crippen molar-refractivity contribution < 1.29 is 0 Å². The van der Waals surface area contributed by atoms with Crippen LogP contribution < -0.4 is 0 Å². The van der Waals surface area contributed by atoms with Crippen LogP contribution >= 0.6 is 0 Å². The minimum absolute atomic E-state index is 0.956. The Bertz CT molecular complexity index is 157. The summed E-state index contributed by atoms with van der Waals surface area (Å²) < 4.78 is 0. The van der Waals surface area contributed by atoms with Crippen molar-refractivity contribution in [2.75, 3.05) is 28.2 Å². The molecule has 0 atom stereocenters. The van der Waals surface area contributed by atoms with Crippen LogP contribution in [0.25, 0.3) is 0 Å². The molecule has 0 aliphatic carbocycles. The van der Waals surface area contributed by atoms with Crippen molar-refractivity contribution >= 4 is 6.21 Å². The smallest absolute Gasteiger partial charge is 0.143 e. The number of nitrogens with zero attached hydrogens (tertiary/aromatic N) is 3. The van der Waals surface area contributed by atoms with Gasteiger partial charge in [-0.2, -0.15) is 0 Å². The average molecular weight is 155 g/mol. The van der Waals surface area contributed by atoms with Gasteiger partial charge in [0.05, 0.1) is 0 Å². The number of hydrogen-bond donors (Lipinski definition) is 0. The van der Waals surface area contributed by atoms with Gasteiger partial charge in [0.2, 0.25) is 0 Å². The van der Waals surface area contributed by atoms with Gasteiger partial charge in [0.25, 0.3) is 0 Å². The maximum Gasteiger partial charge on any atom is 0.143 e. The molecule has 11 heavy (non-hydrogen) atoms. The van der Waals surface area contributed by atoms with E-state index in [0.717, 1.165) is 5.82 Å². The Balaban J connectivity index is 4.33. The van der Waals surface area contributed by atoms with E-state index in [1.165, 1.54) is 0 Å². The molecule has 0 saturated carbocycles. The van der Waals surface area contributed by atoms with Crippen LogP contribution in [0.1, 0.15) is 6.92 Å². The molecule has 0 aromatic rings. The second kappa shape index (κ2) is 4.77. The summed E-state index contributed by atoms with van der Waals surface area (Å²) in [5, 5.41) is 0. The third kappa shape index (κ3) is 4.42. The van der Waals surface area contributed by atoms with Crippen LogP contribution in [0.5, 0.6) is 0 Å². The van der Waals surface area contributed by atoms with Gasteiger partial charge in [-0.3, -0.25) is 0 Å². The van der Waals surface area contributed by atoms with E-state index in [4.69, 9.17) is 0 Å². The lowest BCUT2D eigenvalue weighted by Gasteiger charge is -2.15. The van der Waals surface area contributed by atoms with Crippen molar-refractivity contribution in [3.63, 3.8) is 0 Å². The van der Waals surface area contributed by atoms with Gasteiger partial charge in [-0.25, -0.2) is 4.99 Å². The number of aliphatic imine (C=N–C) groups is 1. The molecule has 3 heteroatoms. The van der Waals surface area contributed by atoms with Crippen molar-refractivity contribution in [3.05, 3.63) is 12.0 Å². The van der Waals surface area contributed by atoms with E-state index in [-0.39, 0.29) is 0 Å². The van der Waals surface area contributed by atoms with Gasteiger partial charge in [0.1, 0.15) is 5.82 Å². The monoisotopic (exact) mass is 155 g/mol. The Morgan fingerprint density at radius 2 is 1.73 bits per heavy atom. The molecular weight excluding hydrogens is 138 g/mol. The zero-order valence-electron chi connectivity index (χ0n) is 8.00. The summed E-state index contributed by atoms with van der Waals surface area (Å²) in [6.07, 6.45) is 3.76. The van der Waals surface area contributed by atoms with Crippen molar-refractivity contribution in [2.45, 2.75) is 6.92 Å². The first-order valence-corrected chi connectivity index (χ1v) is 3.62. The summed E-state index contributed by atoms with van der Waals surface area (Å²) in [6.45, 7) is 1.91. The van der Waals surface area contributed by atoms with E-state index in [9.17, 15) is 0 Å². The Morgan fingerprint density at radius 3 is 2.00 bits per heavy atom. The summed E-state index contributed by atoms with van der Waals surface area (Å²) in [6, 6.07) is 0. The molecule has 0 unspecified atom stereocenters. The molecule has 0 aliphatic heterocycles. The fraction of sp³-hybridized carbons (Fsp3) is 0.625. The van der Waals surface area contributed by atoms with Crippen LogP contribution in [0.3, 0.4) is 0 Å². The van der Waals surface area contributed by atoms with E-state index in [1.807, 2.05) is 51.1 Å². The molecule has 0 aromatic carbocycles. The van der Waals surface area contributed by atoms with E-state index >= 15 is 0 Å². The predicted molar refractivity (Wildman–Crippen MR) is 49.6 cm³/mol. The number of rotatable bonds is 3. The molecule has 0 aliphatic rings. The predicted octanol–water partition coefficient (Wildman–Crippen LogP) is 0.999. The topological polar surface area (TPSA) is 18.8 Å². The summed E-state index contributed by atoms with van der Waals surface area (Å²) >= 11 is 0. The van der Waals surface area contributed by atoms with Crippen molar-refractivity contribution in [1.82, 2.24) is 9.80 Å². The van der Waals surface area contributed by atoms with E-state index in [1.54, 1.807) is 6.21 Å². The second-order valence-electron chi connectivity index (χ2n) is 2.73. The minimum Gasteiger partial charge on any atom is -0.381 e. The third-order valence-electron chi connectivity index (χ3n) is 1.09. The first-order chi connectivity index (χ1) is 5.07. The first kappa shape index (κ1) is 10.0. The SMILES string of the molecule is C/C=N\C(=C/N(C)C)N(C)C. The van der Waals surface area contributed by atoms with Crippen LogP contribution in [0.15, 0.2) is 17.0 Å². The van der Waals surface area contributed by atoms with Gasteiger partial charge in [-0.05, 0) is 6.92 Å². The molecule has 0 fully saturated rings. The standard InChI is InChI=1S/C8H17N3/c1-6-9-8(11(4)5)7-10(2)3/h6-7H,1-5H3/b8-7+,9-6-. The second-order valence-corrected chi connectivity index (χ2v) is 2.73. The molecule has 0 bridgehead atoms. The molecule has 0 amide bonds. The maximum atomic E-state index is 4.18. The van der Waals surface area contributed by atoms with E-state index < -0.39 is 0 Å². The highest BCUT2D eigenvalue weighted by atomic mass is 15.2. The summed E-state index contributed by atoms with van der Waals surface area (Å²) in [4.78, 5) is 8.13. The Kier molecular flexibility index (Phi) is 4.34. The van der Waals surface area contributed by atoms with Crippen LogP contribution in [0.4, 0.5) is 0 Å². The van der Waals surface area contributed by atoms with Crippen molar-refractivity contribution in [2.24, 2.45) is 4.99 Å². The van der Waals surface area contributed by atoms with Gasteiger partial charge < -0.3 is 9.80 Å². The highest BCUT2D eigenvalue weighted by Crippen LogP contribution is 1.99. The fourth-order valence-corrected chi connectivity index (χ4v) is 0.627. The normalized spacial score (nSPS) is 12.3. The van der Waals surface area contributed by atoms with Crippen molar-refractivity contribution in [3.8, 4) is 0 Å². The lowest BCUT2D eigenvalue weighted by molar-refractivity contribution is 0.469. The Morgan fingerprint density at radius 1 is 1.18 bits per heavy atom. The fourth-order valence-electron chi connectivity index (χ4n) is 0.627. The largest absolute Gasteiger partial charge is 0.381 e. The van der Waals surface area contributed by atoms with Gasteiger partial charge >= 0.3 is 0 Å². The zero-order chi connectivity index (χ0) is 8.85. The van der Waals surface area contributed by atoms with Crippen LogP contribution in [0.2, 0.25) is 0 Å². The number of hydrogen-bond acceptors (Lipinski definition) is 3. The molecule has 0 rings (SSSR count). The molecule has 0 saturated heterocycles. The molecule has 3 nitrogen and oxygen atoms in total. The molecule has 0 N–H and O–H groups in total.